The summed E-state index contributed by atoms with van der Waals surface area (Å²) in [7, 11) is 0. The van der Waals surface area contributed by atoms with Crippen molar-refractivity contribution in [2.75, 3.05) is 13.2 Å². The molecule has 1 saturated heterocycles. The molecule has 6 heteroatoms. The molecule has 1 aliphatic heterocycles. The Balaban J connectivity index is 1.53. The lowest BCUT2D eigenvalue weighted by Gasteiger charge is -2.38. The van der Waals surface area contributed by atoms with Crippen molar-refractivity contribution in [1.82, 2.24) is 5.32 Å². The number of nitrogens with one attached hydrogen (secondary N) is 1. The molecule has 0 unspecified atom stereocenters. The standard InChI is InChI=1S/C25H29F2NO3/c26-22-9-4-19(15-23(22)27)18-3-1-2-17(14-18)16-25(10-12-31-13-11-25)24(30)28-20-5-7-21(29)8-6-20/h1-4,9,14-15,20-21,29H,5-8,10-13,16H2,(H,28,30). The van der Waals surface area contributed by atoms with Crippen LogP contribution in [0.25, 0.3) is 11.1 Å². The summed E-state index contributed by atoms with van der Waals surface area (Å²) in [6.45, 7) is 1.08. The lowest BCUT2D eigenvalue weighted by molar-refractivity contribution is -0.137. The van der Waals surface area contributed by atoms with Gasteiger partial charge in [-0.3, -0.25) is 4.79 Å². The van der Waals surface area contributed by atoms with Gasteiger partial charge in [-0.25, -0.2) is 8.78 Å². The van der Waals surface area contributed by atoms with Gasteiger partial charge in [-0.15, -0.1) is 0 Å². The summed E-state index contributed by atoms with van der Waals surface area (Å²) in [5, 5.41) is 13.0. The highest BCUT2D eigenvalue weighted by atomic mass is 19.2. The highest BCUT2D eigenvalue weighted by Crippen LogP contribution is 2.36. The van der Waals surface area contributed by atoms with Crippen molar-refractivity contribution in [2.45, 2.75) is 57.1 Å². The van der Waals surface area contributed by atoms with Crippen LogP contribution in [-0.2, 0) is 16.0 Å². The first-order chi connectivity index (χ1) is 14.9. The Bertz CT molecular complexity index is 919. The van der Waals surface area contributed by atoms with E-state index in [1.807, 2.05) is 24.3 Å². The second-order valence-corrected chi connectivity index (χ2v) is 8.88. The van der Waals surface area contributed by atoms with Crippen LogP contribution >= 0.6 is 0 Å². The molecule has 2 aromatic rings. The molecule has 4 nitrogen and oxygen atoms in total. The highest BCUT2D eigenvalue weighted by Gasteiger charge is 2.41. The van der Waals surface area contributed by atoms with Crippen LogP contribution in [-0.4, -0.2) is 36.4 Å². The van der Waals surface area contributed by atoms with Crippen LogP contribution in [0.2, 0.25) is 0 Å². The molecule has 0 radical (unpaired) electrons. The van der Waals surface area contributed by atoms with Crippen molar-refractivity contribution in [3.63, 3.8) is 0 Å². The molecule has 0 spiro atoms. The van der Waals surface area contributed by atoms with Crippen molar-refractivity contribution in [1.29, 1.82) is 0 Å². The smallest absolute Gasteiger partial charge is 0.226 e. The predicted octanol–water partition coefficient (Wildman–Crippen LogP) is 4.39. The second-order valence-electron chi connectivity index (χ2n) is 8.88. The number of benzene rings is 2. The number of aliphatic hydroxyl groups excluding tert-OH is 1. The Kier molecular flexibility index (Phi) is 6.68. The average Bonchev–Trinajstić information content (AvgIpc) is 2.78. The van der Waals surface area contributed by atoms with E-state index in [1.165, 1.54) is 6.07 Å². The number of carbonyl (C=O) groups excluding carboxylic acids is 1. The van der Waals surface area contributed by atoms with Crippen molar-refractivity contribution in [3.8, 4) is 11.1 Å². The van der Waals surface area contributed by atoms with E-state index in [9.17, 15) is 18.7 Å². The zero-order valence-corrected chi connectivity index (χ0v) is 17.6. The molecule has 166 valence electrons. The van der Waals surface area contributed by atoms with Crippen molar-refractivity contribution in [3.05, 3.63) is 59.7 Å². The van der Waals surface area contributed by atoms with Crippen LogP contribution in [0.3, 0.4) is 0 Å². The largest absolute Gasteiger partial charge is 0.393 e. The van der Waals surface area contributed by atoms with Gasteiger partial charge in [-0.2, -0.15) is 0 Å². The minimum absolute atomic E-state index is 0.0513. The number of amides is 1. The van der Waals surface area contributed by atoms with Gasteiger partial charge in [0, 0.05) is 19.3 Å². The topological polar surface area (TPSA) is 58.6 Å². The molecule has 0 atom stereocenters. The summed E-state index contributed by atoms with van der Waals surface area (Å²) in [6, 6.07) is 11.7. The van der Waals surface area contributed by atoms with Gasteiger partial charge in [-0.05, 0) is 73.8 Å². The molecule has 2 fully saturated rings. The molecule has 1 aliphatic carbocycles. The van der Waals surface area contributed by atoms with E-state index < -0.39 is 17.0 Å². The maximum atomic E-state index is 13.7. The molecular weight excluding hydrogens is 400 g/mol. The number of aliphatic hydroxyl groups is 1. The van der Waals surface area contributed by atoms with E-state index in [4.69, 9.17) is 4.74 Å². The van der Waals surface area contributed by atoms with Crippen molar-refractivity contribution < 1.29 is 23.4 Å². The summed E-state index contributed by atoms with van der Waals surface area (Å²) >= 11 is 0. The van der Waals surface area contributed by atoms with Crippen LogP contribution in [0, 0.1) is 17.0 Å². The first-order valence-electron chi connectivity index (χ1n) is 11.1. The van der Waals surface area contributed by atoms with Crippen LogP contribution < -0.4 is 5.32 Å². The van der Waals surface area contributed by atoms with Gasteiger partial charge < -0.3 is 15.2 Å². The average molecular weight is 430 g/mol. The van der Waals surface area contributed by atoms with Gasteiger partial charge in [0.25, 0.3) is 0 Å². The summed E-state index contributed by atoms with van der Waals surface area (Å²) in [6.07, 6.45) is 4.62. The molecule has 4 rings (SSSR count). The van der Waals surface area contributed by atoms with E-state index >= 15 is 0 Å². The summed E-state index contributed by atoms with van der Waals surface area (Å²) in [5.74, 6) is -1.69. The van der Waals surface area contributed by atoms with Crippen LogP contribution in [0.15, 0.2) is 42.5 Å². The molecule has 0 bridgehead atoms. The van der Waals surface area contributed by atoms with E-state index in [-0.39, 0.29) is 18.1 Å². The molecule has 0 aromatic heterocycles. The Hall–Kier alpha value is -2.31. The van der Waals surface area contributed by atoms with Gasteiger partial charge >= 0.3 is 0 Å². The quantitative estimate of drug-likeness (QED) is 0.741. The first kappa shape index (κ1) is 21.9. The van der Waals surface area contributed by atoms with Crippen LogP contribution in [0.4, 0.5) is 8.78 Å². The van der Waals surface area contributed by atoms with Gasteiger partial charge in [0.05, 0.1) is 11.5 Å². The van der Waals surface area contributed by atoms with E-state index in [0.29, 0.717) is 38.0 Å². The fourth-order valence-electron chi connectivity index (χ4n) is 4.73. The van der Waals surface area contributed by atoms with Crippen molar-refractivity contribution >= 4 is 5.91 Å². The fraction of sp³-hybridized carbons (Fsp3) is 0.480. The molecule has 2 N–H and O–H groups in total. The third-order valence-electron chi connectivity index (χ3n) is 6.69. The molecule has 1 amide bonds. The molecular formula is C25H29F2NO3. The van der Waals surface area contributed by atoms with Crippen LogP contribution in [0.5, 0.6) is 0 Å². The monoisotopic (exact) mass is 429 g/mol. The van der Waals surface area contributed by atoms with E-state index in [0.717, 1.165) is 42.9 Å². The van der Waals surface area contributed by atoms with Gasteiger partial charge in [0.2, 0.25) is 5.91 Å². The van der Waals surface area contributed by atoms with E-state index in [1.54, 1.807) is 6.07 Å². The Labute approximate surface area is 181 Å². The third kappa shape index (κ3) is 5.13. The normalized spacial score (nSPS) is 23.3. The van der Waals surface area contributed by atoms with Gasteiger partial charge in [-0.1, -0.05) is 30.3 Å². The second kappa shape index (κ2) is 9.45. The number of halogens is 2. The fourth-order valence-corrected chi connectivity index (χ4v) is 4.73. The van der Waals surface area contributed by atoms with Crippen molar-refractivity contribution in [2.24, 2.45) is 5.41 Å². The van der Waals surface area contributed by atoms with Gasteiger partial charge in [0.1, 0.15) is 0 Å². The number of hydrogen-bond acceptors (Lipinski definition) is 3. The lowest BCUT2D eigenvalue weighted by Crippen LogP contribution is -2.50. The number of rotatable bonds is 5. The summed E-state index contributed by atoms with van der Waals surface area (Å²) in [4.78, 5) is 13.4. The predicted molar refractivity (Wildman–Crippen MR) is 114 cm³/mol. The van der Waals surface area contributed by atoms with E-state index in [2.05, 4.69) is 5.32 Å². The number of carbonyl (C=O) groups is 1. The SMILES string of the molecule is O=C(NC1CCC(O)CC1)C1(Cc2cccc(-c3ccc(F)c(F)c3)c2)CCOCC1. The Morgan fingerprint density at radius 1 is 1.00 bits per heavy atom. The molecule has 2 aliphatic rings. The maximum Gasteiger partial charge on any atom is 0.226 e. The molecule has 1 heterocycles. The molecule has 1 saturated carbocycles. The number of ether oxygens (including phenoxy) is 1. The first-order valence-corrected chi connectivity index (χ1v) is 11.1. The summed E-state index contributed by atoms with van der Waals surface area (Å²) in [5.41, 5.74) is 1.83. The zero-order chi connectivity index (χ0) is 21.8. The number of hydrogen-bond donors (Lipinski definition) is 2. The van der Waals surface area contributed by atoms with Crippen LogP contribution in [0.1, 0.15) is 44.1 Å². The van der Waals surface area contributed by atoms with Gasteiger partial charge in [0.15, 0.2) is 11.6 Å². The highest BCUT2D eigenvalue weighted by molar-refractivity contribution is 5.83. The maximum absolute atomic E-state index is 13.7. The summed E-state index contributed by atoms with van der Waals surface area (Å²) < 4.78 is 32.5. The molecule has 2 aromatic carbocycles. The third-order valence-corrected chi connectivity index (χ3v) is 6.69. The lowest BCUT2D eigenvalue weighted by atomic mass is 9.73. The Morgan fingerprint density at radius 3 is 2.42 bits per heavy atom. The minimum atomic E-state index is -0.874. The zero-order valence-electron chi connectivity index (χ0n) is 17.6. The molecule has 31 heavy (non-hydrogen) atoms. The minimum Gasteiger partial charge on any atom is -0.393 e. The Morgan fingerprint density at radius 2 is 1.71 bits per heavy atom.